The molecule has 0 aromatic heterocycles. The fourth-order valence-corrected chi connectivity index (χ4v) is 2.52. The third kappa shape index (κ3) is 3.25. The van der Waals surface area contributed by atoms with Crippen LogP contribution in [0.2, 0.25) is 0 Å². The van der Waals surface area contributed by atoms with Crippen LogP contribution in [0, 0.1) is 0 Å². The molecule has 0 aromatic carbocycles. The van der Waals surface area contributed by atoms with Gasteiger partial charge in [0.1, 0.15) is 5.60 Å². The average Bonchev–Trinajstić information content (AvgIpc) is 2.81. The number of hydrogen-bond acceptors (Lipinski definition) is 4. The Kier molecular flexibility index (Phi) is 3.23. The summed E-state index contributed by atoms with van der Waals surface area (Å²) in [5.74, 6) is 0. The fourth-order valence-electron chi connectivity index (χ4n) is 1.04. The lowest BCUT2D eigenvalue weighted by molar-refractivity contribution is 0.0407. The Morgan fingerprint density at radius 1 is 1.40 bits per heavy atom. The smallest absolute Gasteiger partial charge is 0.428 e. The zero-order valence-corrected chi connectivity index (χ0v) is 10.4. The minimum absolute atomic E-state index is 0.171. The molecule has 1 saturated carbocycles. The van der Waals surface area contributed by atoms with Crippen molar-refractivity contribution in [2.45, 2.75) is 44.5 Å². The van der Waals surface area contributed by atoms with Crippen molar-refractivity contribution in [2.75, 3.05) is 7.05 Å². The van der Waals surface area contributed by atoms with E-state index in [1.807, 2.05) is 0 Å². The van der Waals surface area contributed by atoms with Crippen LogP contribution in [0.3, 0.4) is 0 Å². The monoisotopic (exact) mass is 237 g/mol. The molecule has 1 aliphatic rings. The minimum atomic E-state index is -2.98. The van der Waals surface area contributed by atoms with Crippen LogP contribution in [0.5, 0.6) is 0 Å². The molecule has 2 N–H and O–H groups in total. The number of nitrogens with zero attached hydrogens (tertiary/aromatic N) is 1. The molecule has 1 amide bonds. The van der Waals surface area contributed by atoms with Crippen molar-refractivity contribution in [3.63, 3.8) is 0 Å². The van der Waals surface area contributed by atoms with Crippen molar-refractivity contribution >= 4 is 16.9 Å². The molecular weight excluding hydrogens is 218 g/mol. The number of carbonyl (C=O) groups is 1. The van der Waals surface area contributed by atoms with Crippen LogP contribution in [0.1, 0.15) is 33.6 Å². The van der Waals surface area contributed by atoms with Crippen LogP contribution in [-0.2, 0) is 4.74 Å². The molecule has 0 bridgehead atoms. The molecule has 0 radical (unpaired) electrons. The van der Waals surface area contributed by atoms with E-state index in [4.69, 9.17) is 4.74 Å². The van der Waals surface area contributed by atoms with Gasteiger partial charge in [0.15, 0.2) is 0 Å². The molecule has 0 atom stereocenters. The van der Waals surface area contributed by atoms with Crippen LogP contribution in [0.15, 0.2) is 0 Å². The van der Waals surface area contributed by atoms with Gasteiger partial charge in [-0.05, 0) is 33.6 Å². The molecule has 0 aromatic rings. The van der Waals surface area contributed by atoms with E-state index in [-0.39, 0.29) is 5.25 Å². The zero-order valence-electron chi connectivity index (χ0n) is 9.56. The summed E-state index contributed by atoms with van der Waals surface area (Å²) in [5, 5.41) is -0.171. The van der Waals surface area contributed by atoms with Gasteiger partial charge >= 0.3 is 6.09 Å². The molecule has 0 spiro atoms. The second-order valence-electron chi connectivity index (χ2n) is 4.74. The maximum Gasteiger partial charge on any atom is 0.428 e. The number of ether oxygens (including phenoxy) is 1. The summed E-state index contributed by atoms with van der Waals surface area (Å²) in [6.07, 6.45) is 0.833. The topological polar surface area (TPSA) is 70.0 Å². The number of amides is 1. The van der Waals surface area contributed by atoms with E-state index in [1.165, 1.54) is 7.05 Å². The van der Waals surface area contributed by atoms with E-state index in [9.17, 15) is 13.9 Å². The maximum atomic E-state index is 11.5. The van der Waals surface area contributed by atoms with Crippen molar-refractivity contribution in [1.29, 1.82) is 0 Å². The third-order valence-electron chi connectivity index (χ3n) is 2.03. The second-order valence-corrected chi connectivity index (χ2v) is 7.08. The quantitative estimate of drug-likeness (QED) is 0.774. The summed E-state index contributed by atoms with van der Waals surface area (Å²) in [4.78, 5) is 11.5. The molecule has 1 rings (SSSR count). The zero-order chi connectivity index (χ0) is 11.9. The van der Waals surface area contributed by atoms with Gasteiger partial charge < -0.3 is 4.74 Å². The molecule has 1 aliphatic carbocycles. The molecule has 90 valence electrons. The first-order valence-electron chi connectivity index (χ1n) is 4.88. The van der Waals surface area contributed by atoms with Crippen LogP contribution in [-0.4, -0.2) is 37.4 Å². The van der Waals surface area contributed by atoms with Gasteiger partial charge in [-0.3, -0.25) is 9.11 Å². The maximum absolute atomic E-state index is 11.5. The van der Waals surface area contributed by atoms with Gasteiger partial charge in [0.05, 0.1) is 5.25 Å². The van der Waals surface area contributed by atoms with Gasteiger partial charge in [-0.1, -0.05) is 0 Å². The Morgan fingerprint density at radius 2 is 1.87 bits per heavy atom. The lowest BCUT2D eigenvalue weighted by Gasteiger charge is -2.40. The normalized spacial score (nSPS) is 18.5. The molecule has 5 nitrogen and oxygen atoms in total. The van der Waals surface area contributed by atoms with E-state index in [0.717, 1.165) is 17.1 Å². The Balaban J connectivity index is 2.59. The van der Waals surface area contributed by atoms with Crippen molar-refractivity contribution in [1.82, 2.24) is 4.31 Å². The SMILES string of the molecule is CN(C(=O)OC(C)(C)C)S(O)(O)C1CC1. The standard InChI is InChI=1S/C9H19NO4S/c1-9(2,3)14-8(11)10(4)15(12,13)7-5-6-7/h7,12-13H,5-6H2,1-4H3. The van der Waals surface area contributed by atoms with Crippen molar-refractivity contribution in [2.24, 2.45) is 0 Å². The van der Waals surface area contributed by atoms with E-state index >= 15 is 0 Å². The second kappa shape index (κ2) is 3.84. The highest BCUT2D eigenvalue weighted by Gasteiger charge is 2.41. The summed E-state index contributed by atoms with van der Waals surface area (Å²) >= 11 is 0. The summed E-state index contributed by atoms with van der Waals surface area (Å²) in [6, 6.07) is 0. The van der Waals surface area contributed by atoms with Crippen LogP contribution >= 0.6 is 10.8 Å². The van der Waals surface area contributed by atoms with E-state index in [1.54, 1.807) is 20.8 Å². The van der Waals surface area contributed by atoms with Gasteiger partial charge in [-0.25, -0.2) is 9.10 Å². The first-order valence-corrected chi connectivity index (χ1v) is 6.45. The molecule has 0 aliphatic heterocycles. The van der Waals surface area contributed by atoms with E-state index in [0.29, 0.717) is 0 Å². The van der Waals surface area contributed by atoms with Gasteiger partial charge in [0.2, 0.25) is 0 Å². The summed E-state index contributed by atoms with van der Waals surface area (Å²) in [7, 11) is -1.62. The highest BCUT2D eigenvalue weighted by atomic mass is 32.3. The van der Waals surface area contributed by atoms with Gasteiger partial charge in [0, 0.05) is 7.05 Å². The van der Waals surface area contributed by atoms with Crippen LogP contribution < -0.4 is 0 Å². The van der Waals surface area contributed by atoms with Crippen LogP contribution in [0.4, 0.5) is 4.79 Å². The van der Waals surface area contributed by atoms with E-state index < -0.39 is 22.5 Å². The van der Waals surface area contributed by atoms with Crippen molar-refractivity contribution in [3.8, 4) is 0 Å². The first kappa shape index (κ1) is 12.6. The van der Waals surface area contributed by atoms with Crippen molar-refractivity contribution < 1.29 is 18.6 Å². The molecule has 0 heterocycles. The lowest BCUT2D eigenvalue weighted by atomic mass is 10.2. The molecule has 0 unspecified atom stereocenters. The molecule has 1 fully saturated rings. The summed E-state index contributed by atoms with van der Waals surface area (Å²) in [5.41, 5.74) is -0.621. The van der Waals surface area contributed by atoms with Gasteiger partial charge in [-0.15, -0.1) is 10.8 Å². The summed E-state index contributed by atoms with van der Waals surface area (Å²) < 4.78 is 25.5. The van der Waals surface area contributed by atoms with Gasteiger partial charge in [-0.2, -0.15) is 0 Å². The molecule has 0 saturated heterocycles. The molecule has 15 heavy (non-hydrogen) atoms. The van der Waals surface area contributed by atoms with E-state index in [2.05, 4.69) is 0 Å². The predicted molar refractivity (Wildman–Crippen MR) is 59.9 cm³/mol. The molecular formula is C9H19NO4S. The van der Waals surface area contributed by atoms with Crippen molar-refractivity contribution in [3.05, 3.63) is 0 Å². The minimum Gasteiger partial charge on any atom is -0.443 e. The Hall–Kier alpha value is -0.460. The van der Waals surface area contributed by atoms with Crippen LogP contribution in [0.25, 0.3) is 0 Å². The lowest BCUT2D eigenvalue weighted by Crippen LogP contribution is -2.37. The predicted octanol–water partition coefficient (Wildman–Crippen LogP) is 2.68. The third-order valence-corrected chi connectivity index (χ3v) is 4.35. The summed E-state index contributed by atoms with van der Waals surface area (Å²) in [6.45, 7) is 5.21. The number of rotatable bonds is 2. The largest absolute Gasteiger partial charge is 0.443 e. The highest BCUT2D eigenvalue weighted by Crippen LogP contribution is 2.57. The first-order chi connectivity index (χ1) is 6.64. The number of hydrogen-bond donors (Lipinski definition) is 2. The Labute approximate surface area is 91.9 Å². The number of carbonyl (C=O) groups excluding carboxylic acids is 1. The highest BCUT2D eigenvalue weighted by molar-refractivity contribution is 8.23. The fraction of sp³-hybridized carbons (Fsp3) is 0.889. The Bertz CT molecular complexity index is 257. The van der Waals surface area contributed by atoms with Gasteiger partial charge in [0.25, 0.3) is 0 Å². The molecule has 6 heteroatoms. The Morgan fingerprint density at radius 3 is 2.20 bits per heavy atom. The average molecular weight is 237 g/mol.